The van der Waals surface area contributed by atoms with E-state index in [1.807, 2.05) is 13.8 Å². The zero-order chi connectivity index (χ0) is 11.0. The molecule has 0 amide bonds. The van der Waals surface area contributed by atoms with Crippen LogP contribution in [0.15, 0.2) is 0 Å². The summed E-state index contributed by atoms with van der Waals surface area (Å²) < 4.78 is 0. The lowest BCUT2D eigenvalue weighted by molar-refractivity contribution is -0.139. The zero-order valence-electron chi connectivity index (χ0n) is 9.81. The van der Waals surface area contributed by atoms with Crippen molar-refractivity contribution in [2.45, 2.75) is 65.7 Å². The van der Waals surface area contributed by atoms with Gasteiger partial charge in [0.25, 0.3) is 0 Å². The number of hydrogen-bond donors (Lipinski definition) is 1. The second-order valence-electron chi connectivity index (χ2n) is 4.90. The second-order valence-corrected chi connectivity index (χ2v) is 4.90. The number of hydrogen-bond acceptors (Lipinski definition) is 1. The van der Waals surface area contributed by atoms with Gasteiger partial charge in [-0.3, -0.25) is 4.79 Å². The number of carboxylic acids is 1. The van der Waals surface area contributed by atoms with E-state index < -0.39 is 5.97 Å². The van der Waals surface area contributed by atoms with E-state index in [4.69, 9.17) is 5.11 Å². The molecule has 0 radical (unpaired) electrons. The fourth-order valence-electron chi connectivity index (χ4n) is 1.70. The van der Waals surface area contributed by atoms with Crippen molar-refractivity contribution in [1.29, 1.82) is 0 Å². The Kier molecular flexibility index (Phi) is 6.60. The largest absolute Gasteiger partial charge is 0.481 e. The quantitative estimate of drug-likeness (QED) is 0.604. The molecule has 0 aliphatic heterocycles. The lowest BCUT2D eigenvalue weighted by Crippen LogP contribution is -2.16. The molecule has 84 valence electrons. The molecular weight excluding hydrogens is 176 g/mol. The fraction of sp³-hybridized carbons (Fsp3) is 0.917. The highest BCUT2D eigenvalue weighted by atomic mass is 16.4. The Bertz CT molecular complexity index is 162. The Balaban J connectivity index is 3.50. The van der Waals surface area contributed by atoms with Crippen LogP contribution in [0.5, 0.6) is 0 Å². The molecule has 0 bridgehead atoms. The van der Waals surface area contributed by atoms with Crippen molar-refractivity contribution < 1.29 is 9.90 Å². The number of unbranched alkanes of at least 4 members (excludes halogenated alkanes) is 4. The minimum atomic E-state index is -0.677. The first-order chi connectivity index (χ1) is 6.48. The van der Waals surface area contributed by atoms with Crippen LogP contribution in [0.4, 0.5) is 0 Å². The summed E-state index contributed by atoms with van der Waals surface area (Å²) in [5.41, 5.74) is -0.0297. The van der Waals surface area contributed by atoms with Gasteiger partial charge in [-0.2, -0.15) is 0 Å². The van der Waals surface area contributed by atoms with Gasteiger partial charge in [0.15, 0.2) is 0 Å². The first-order valence-corrected chi connectivity index (χ1v) is 5.70. The van der Waals surface area contributed by atoms with E-state index in [2.05, 4.69) is 6.92 Å². The van der Waals surface area contributed by atoms with E-state index in [9.17, 15) is 4.79 Å². The average molecular weight is 200 g/mol. The minimum Gasteiger partial charge on any atom is -0.481 e. The summed E-state index contributed by atoms with van der Waals surface area (Å²) in [7, 11) is 0. The summed E-state index contributed by atoms with van der Waals surface area (Å²) in [6.45, 7) is 6.29. The van der Waals surface area contributed by atoms with E-state index in [1.165, 1.54) is 32.1 Å². The Morgan fingerprint density at radius 3 is 2.21 bits per heavy atom. The smallest absolute Gasteiger partial charge is 0.303 e. The third-order valence-corrected chi connectivity index (χ3v) is 2.59. The van der Waals surface area contributed by atoms with Crippen molar-refractivity contribution in [3.05, 3.63) is 0 Å². The first kappa shape index (κ1) is 13.5. The summed E-state index contributed by atoms with van der Waals surface area (Å²) >= 11 is 0. The van der Waals surface area contributed by atoms with Gasteiger partial charge in [-0.1, -0.05) is 52.9 Å². The van der Waals surface area contributed by atoms with E-state index >= 15 is 0 Å². The van der Waals surface area contributed by atoms with Crippen molar-refractivity contribution in [3.8, 4) is 0 Å². The monoisotopic (exact) mass is 200 g/mol. The van der Waals surface area contributed by atoms with E-state index in [-0.39, 0.29) is 5.41 Å². The molecule has 2 nitrogen and oxygen atoms in total. The fourth-order valence-corrected chi connectivity index (χ4v) is 1.70. The standard InChI is InChI=1S/C12H24O2/c1-4-5-6-7-8-9-12(2,3)10-11(13)14/h4-10H2,1-3H3,(H,13,14). The van der Waals surface area contributed by atoms with Gasteiger partial charge in [-0.25, -0.2) is 0 Å². The van der Waals surface area contributed by atoms with Crippen LogP contribution in [0.2, 0.25) is 0 Å². The highest BCUT2D eigenvalue weighted by Crippen LogP contribution is 2.27. The van der Waals surface area contributed by atoms with Crippen LogP contribution in [0, 0.1) is 5.41 Å². The van der Waals surface area contributed by atoms with Crippen LogP contribution < -0.4 is 0 Å². The Morgan fingerprint density at radius 1 is 1.14 bits per heavy atom. The molecule has 14 heavy (non-hydrogen) atoms. The molecule has 0 saturated carbocycles. The van der Waals surface area contributed by atoms with Crippen molar-refractivity contribution in [2.24, 2.45) is 5.41 Å². The normalized spacial score (nSPS) is 11.6. The predicted molar refractivity (Wildman–Crippen MR) is 59.4 cm³/mol. The van der Waals surface area contributed by atoms with Gasteiger partial charge < -0.3 is 5.11 Å². The SMILES string of the molecule is CCCCCCCC(C)(C)CC(=O)O. The van der Waals surface area contributed by atoms with Gasteiger partial charge in [0.1, 0.15) is 0 Å². The number of carboxylic acid groups (broad SMARTS) is 1. The van der Waals surface area contributed by atoms with Crippen LogP contribution in [0.3, 0.4) is 0 Å². The molecule has 0 aromatic rings. The number of carbonyl (C=O) groups is 1. The molecule has 0 fully saturated rings. The van der Waals surface area contributed by atoms with Gasteiger partial charge >= 0.3 is 5.97 Å². The molecule has 0 unspecified atom stereocenters. The highest BCUT2D eigenvalue weighted by Gasteiger charge is 2.20. The summed E-state index contributed by atoms with van der Waals surface area (Å²) in [4.78, 5) is 10.6. The molecule has 0 saturated heterocycles. The molecule has 2 heteroatoms. The van der Waals surface area contributed by atoms with Crippen molar-refractivity contribution in [2.75, 3.05) is 0 Å². The van der Waals surface area contributed by atoms with Crippen LogP contribution in [0.25, 0.3) is 0 Å². The molecule has 0 rings (SSSR count). The van der Waals surface area contributed by atoms with Crippen LogP contribution in [-0.4, -0.2) is 11.1 Å². The molecular formula is C12H24O2. The van der Waals surface area contributed by atoms with E-state index in [0.29, 0.717) is 6.42 Å². The molecule has 0 spiro atoms. The van der Waals surface area contributed by atoms with E-state index in [1.54, 1.807) is 0 Å². The lowest BCUT2D eigenvalue weighted by Gasteiger charge is -2.21. The molecule has 1 N–H and O–H groups in total. The van der Waals surface area contributed by atoms with Crippen molar-refractivity contribution in [3.63, 3.8) is 0 Å². The maximum atomic E-state index is 10.6. The summed E-state index contributed by atoms with van der Waals surface area (Å²) in [6, 6.07) is 0. The summed E-state index contributed by atoms with van der Waals surface area (Å²) in [5.74, 6) is -0.677. The Morgan fingerprint density at radius 2 is 1.71 bits per heavy atom. The van der Waals surface area contributed by atoms with Gasteiger partial charge in [-0.05, 0) is 11.8 Å². The van der Waals surface area contributed by atoms with Gasteiger partial charge in [-0.15, -0.1) is 0 Å². The Labute approximate surface area is 87.7 Å². The Hall–Kier alpha value is -0.530. The molecule has 0 aliphatic rings. The first-order valence-electron chi connectivity index (χ1n) is 5.70. The van der Waals surface area contributed by atoms with Gasteiger partial charge in [0.2, 0.25) is 0 Å². The van der Waals surface area contributed by atoms with Crippen LogP contribution in [-0.2, 0) is 4.79 Å². The van der Waals surface area contributed by atoms with Gasteiger partial charge in [0.05, 0.1) is 6.42 Å². The minimum absolute atomic E-state index is 0.0297. The maximum Gasteiger partial charge on any atom is 0.303 e. The second kappa shape index (κ2) is 6.86. The maximum absolute atomic E-state index is 10.6. The molecule has 0 aliphatic carbocycles. The summed E-state index contributed by atoms with van der Waals surface area (Å²) in [6.07, 6.45) is 7.60. The number of rotatable bonds is 8. The molecule has 0 atom stereocenters. The lowest BCUT2D eigenvalue weighted by atomic mass is 9.83. The van der Waals surface area contributed by atoms with Gasteiger partial charge in [0, 0.05) is 0 Å². The number of aliphatic carboxylic acids is 1. The molecule has 0 aromatic carbocycles. The van der Waals surface area contributed by atoms with E-state index in [0.717, 1.165) is 6.42 Å². The topological polar surface area (TPSA) is 37.3 Å². The molecule has 0 aromatic heterocycles. The molecule has 0 heterocycles. The highest BCUT2D eigenvalue weighted by molar-refractivity contribution is 5.67. The third kappa shape index (κ3) is 8.09. The van der Waals surface area contributed by atoms with Crippen LogP contribution >= 0.6 is 0 Å². The average Bonchev–Trinajstić information content (AvgIpc) is 2.01. The van der Waals surface area contributed by atoms with Crippen molar-refractivity contribution >= 4 is 5.97 Å². The predicted octanol–water partition coefficient (Wildman–Crippen LogP) is 3.85. The summed E-state index contributed by atoms with van der Waals surface area (Å²) in [5, 5.41) is 8.69. The van der Waals surface area contributed by atoms with Crippen molar-refractivity contribution in [1.82, 2.24) is 0 Å². The third-order valence-electron chi connectivity index (χ3n) is 2.59. The zero-order valence-corrected chi connectivity index (χ0v) is 9.81. The van der Waals surface area contributed by atoms with Crippen LogP contribution in [0.1, 0.15) is 65.7 Å².